The Hall–Kier alpha value is -1.27. The average molecular weight is 337 g/mol. The van der Waals surface area contributed by atoms with Gasteiger partial charge < -0.3 is 10.6 Å². The molecule has 22 heavy (non-hydrogen) atoms. The number of carbonyl (C=O) groups is 1. The molecule has 3 nitrogen and oxygen atoms in total. The third-order valence-electron chi connectivity index (χ3n) is 3.70. The molecule has 0 aliphatic carbocycles. The molecule has 1 fully saturated rings. The minimum atomic E-state index is -4.37. The highest BCUT2D eigenvalue weighted by Gasteiger charge is 2.31. The lowest BCUT2D eigenvalue weighted by molar-refractivity contribution is -0.137. The van der Waals surface area contributed by atoms with Crippen LogP contribution in [-0.4, -0.2) is 18.5 Å². The lowest BCUT2D eigenvalue weighted by Crippen LogP contribution is -2.47. The number of benzene rings is 1. The molecule has 2 N–H and O–H groups in total. The molecule has 1 aromatic carbocycles. The highest BCUT2D eigenvalue weighted by molar-refractivity contribution is 5.85. The molecule has 0 aromatic heterocycles. The van der Waals surface area contributed by atoms with Crippen molar-refractivity contribution >= 4 is 18.3 Å². The molecular formula is C15H20ClF3N2O. The van der Waals surface area contributed by atoms with Gasteiger partial charge in [0.2, 0.25) is 5.91 Å². The minimum Gasteiger partial charge on any atom is -0.348 e. The molecule has 1 aliphatic rings. The van der Waals surface area contributed by atoms with Crippen LogP contribution in [0.5, 0.6) is 0 Å². The van der Waals surface area contributed by atoms with Crippen LogP contribution < -0.4 is 10.6 Å². The van der Waals surface area contributed by atoms with E-state index < -0.39 is 17.8 Å². The molecule has 1 heterocycles. The van der Waals surface area contributed by atoms with Crippen LogP contribution in [0.25, 0.3) is 0 Å². The predicted octanol–water partition coefficient (Wildman–Crippen LogP) is 3.45. The van der Waals surface area contributed by atoms with Crippen LogP contribution in [0.3, 0.4) is 0 Å². The van der Waals surface area contributed by atoms with Gasteiger partial charge in [0.1, 0.15) is 0 Å². The third-order valence-corrected chi connectivity index (χ3v) is 3.70. The van der Waals surface area contributed by atoms with Crippen LogP contribution in [0.15, 0.2) is 24.3 Å². The Morgan fingerprint density at radius 2 is 2.09 bits per heavy atom. The summed E-state index contributed by atoms with van der Waals surface area (Å²) >= 11 is 0. The van der Waals surface area contributed by atoms with Gasteiger partial charge in [-0.15, -0.1) is 12.4 Å². The van der Waals surface area contributed by atoms with Crippen molar-refractivity contribution in [3.05, 3.63) is 35.4 Å². The van der Waals surface area contributed by atoms with E-state index in [2.05, 4.69) is 10.6 Å². The molecule has 1 aliphatic heterocycles. The number of carbonyl (C=O) groups excluding carboxylic acids is 1. The molecule has 0 spiro atoms. The molecule has 1 aromatic rings. The molecular weight excluding hydrogens is 317 g/mol. The first-order chi connectivity index (χ1) is 9.88. The van der Waals surface area contributed by atoms with Gasteiger partial charge in [0.25, 0.3) is 0 Å². The predicted molar refractivity (Wildman–Crippen MR) is 80.9 cm³/mol. The van der Waals surface area contributed by atoms with E-state index in [0.29, 0.717) is 5.56 Å². The summed E-state index contributed by atoms with van der Waals surface area (Å²) in [7, 11) is 0. The fourth-order valence-corrected chi connectivity index (χ4v) is 2.46. The zero-order chi connectivity index (χ0) is 15.5. The van der Waals surface area contributed by atoms with Gasteiger partial charge in [0.15, 0.2) is 0 Å². The Morgan fingerprint density at radius 1 is 1.36 bits per heavy atom. The summed E-state index contributed by atoms with van der Waals surface area (Å²) in [5.41, 5.74) is -0.245. The van der Waals surface area contributed by atoms with Gasteiger partial charge >= 0.3 is 6.18 Å². The lowest BCUT2D eigenvalue weighted by atomic mass is 10.0. The summed E-state index contributed by atoms with van der Waals surface area (Å²) in [5.74, 6) is -0.153. The molecule has 7 heteroatoms. The molecule has 0 radical (unpaired) electrons. The summed E-state index contributed by atoms with van der Waals surface area (Å²) in [5, 5.41) is 5.90. The van der Waals surface area contributed by atoms with Crippen molar-refractivity contribution in [2.75, 3.05) is 6.54 Å². The number of halogens is 4. The SMILES string of the molecule is CC(NC(=O)[C@@H]1CCCCN1)c1cccc(C(F)(F)F)c1.Cl. The second-order valence-electron chi connectivity index (χ2n) is 5.36. The van der Waals surface area contributed by atoms with E-state index in [1.54, 1.807) is 13.0 Å². The Balaban J connectivity index is 0.00000242. The summed E-state index contributed by atoms with van der Waals surface area (Å²) in [6.07, 6.45) is -1.57. The highest BCUT2D eigenvalue weighted by atomic mass is 35.5. The summed E-state index contributed by atoms with van der Waals surface area (Å²) in [6.45, 7) is 2.49. The van der Waals surface area contributed by atoms with Crippen molar-refractivity contribution in [2.45, 2.75) is 44.4 Å². The van der Waals surface area contributed by atoms with E-state index in [4.69, 9.17) is 0 Å². The number of rotatable bonds is 3. The maximum atomic E-state index is 12.7. The monoisotopic (exact) mass is 336 g/mol. The van der Waals surface area contributed by atoms with Gasteiger partial charge in [-0.25, -0.2) is 0 Å². The zero-order valence-corrected chi connectivity index (χ0v) is 13.1. The first kappa shape index (κ1) is 18.8. The second kappa shape index (κ2) is 7.83. The zero-order valence-electron chi connectivity index (χ0n) is 12.2. The van der Waals surface area contributed by atoms with Gasteiger partial charge in [-0.05, 0) is 44.0 Å². The number of nitrogens with one attached hydrogen (secondary N) is 2. The van der Waals surface area contributed by atoms with Crippen LogP contribution in [0.1, 0.15) is 43.4 Å². The minimum absolute atomic E-state index is 0. The first-order valence-electron chi connectivity index (χ1n) is 7.09. The van der Waals surface area contributed by atoms with Crippen molar-refractivity contribution in [1.29, 1.82) is 0 Å². The Bertz CT molecular complexity index is 502. The van der Waals surface area contributed by atoms with Gasteiger partial charge in [0, 0.05) is 0 Å². The van der Waals surface area contributed by atoms with E-state index in [1.165, 1.54) is 6.07 Å². The molecule has 1 unspecified atom stereocenters. The van der Waals surface area contributed by atoms with E-state index in [0.717, 1.165) is 37.9 Å². The van der Waals surface area contributed by atoms with Crippen LogP contribution in [-0.2, 0) is 11.0 Å². The van der Waals surface area contributed by atoms with Gasteiger partial charge in [-0.2, -0.15) is 13.2 Å². The topological polar surface area (TPSA) is 41.1 Å². The van der Waals surface area contributed by atoms with Crippen molar-refractivity contribution in [1.82, 2.24) is 10.6 Å². The summed E-state index contributed by atoms with van der Waals surface area (Å²) < 4.78 is 38.1. The lowest BCUT2D eigenvalue weighted by Gasteiger charge is -2.25. The molecule has 0 saturated carbocycles. The largest absolute Gasteiger partial charge is 0.416 e. The van der Waals surface area contributed by atoms with Crippen molar-refractivity contribution < 1.29 is 18.0 Å². The first-order valence-corrected chi connectivity index (χ1v) is 7.09. The molecule has 1 saturated heterocycles. The quantitative estimate of drug-likeness (QED) is 0.887. The Kier molecular flexibility index (Phi) is 6.68. The van der Waals surface area contributed by atoms with Crippen LogP contribution >= 0.6 is 12.4 Å². The number of hydrogen-bond donors (Lipinski definition) is 2. The molecule has 1 amide bonds. The third kappa shape index (κ3) is 4.88. The van der Waals surface area contributed by atoms with E-state index in [9.17, 15) is 18.0 Å². The number of hydrogen-bond acceptors (Lipinski definition) is 2. The van der Waals surface area contributed by atoms with E-state index in [1.807, 2.05) is 0 Å². The normalized spacial score (nSPS) is 19.9. The maximum Gasteiger partial charge on any atom is 0.416 e. The van der Waals surface area contributed by atoms with Crippen molar-refractivity contribution in [3.63, 3.8) is 0 Å². The van der Waals surface area contributed by atoms with Gasteiger partial charge in [0.05, 0.1) is 17.6 Å². The maximum absolute atomic E-state index is 12.7. The highest BCUT2D eigenvalue weighted by Crippen LogP contribution is 2.30. The van der Waals surface area contributed by atoms with Crippen LogP contribution in [0.4, 0.5) is 13.2 Å². The van der Waals surface area contributed by atoms with Gasteiger partial charge in [-0.3, -0.25) is 4.79 Å². The van der Waals surface area contributed by atoms with E-state index >= 15 is 0 Å². The Labute approximate surface area is 134 Å². The average Bonchev–Trinajstić information content (AvgIpc) is 2.47. The second-order valence-corrected chi connectivity index (χ2v) is 5.36. The summed E-state index contributed by atoms with van der Waals surface area (Å²) in [4.78, 5) is 12.1. The van der Waals surface area contributed by atoms with Gasteiger partial charge in [-0.1, -0.05) is 18.6 Å². The van der Waals surface area contributed by atoms with Crippen molar-refractivity contribution in [2.24, 2.45) is 0 Å². The number of amides is 1. The fourth-order valence-electron chi connectivity index (χ4n) is 2.46. The molecule has 2 rings (SSSR count). The number of alkyl halides is 3. The van der Waals surface area contributed by atoms with Crippen LogP contribution in [0, 0.1) is 0 Å². The van der Waals surface area contributed by atoms with E-state index in [-0.39, 0.29) is 24.4 Å². The Morgan fingerprint density at radius 3 is 2.68 bits per heavy atom. The number of piperidine rings is 1. The smallest absolute Gasteiger partial charge is 0.348 e. The van der Waals surface area contributed by atoms with Crippen LogP contribution in [0.2, 0.25) is 0 Å². The fraction of sp³-hybridized carbons (Fsp3) is 0.533. The molecule has 124 valence electrons. The summed E-state index contributed by atoms with van der Waals surface area (Å²) in [6, 6.07) is 4.37. The molecule has 2 atom stereocenters. The molecule has 0 bridgehead atoms. The van der Waals surface area contributed by atoms with Crippen molar-refractivity contribution in [3.8, 4) is 0 Å². The standard InChI is InChI=1S/C15H19F3N2O.ClH/c1-10(20-14(21)13-7-2-3-8-19-13)11-5-4-6-12(9-11)15(16,17)18;/h4-6,9-10,13,19H,2-3,7-8H2,1H3,(H,20,21);1H/t10?,13-;/m0./s1.